The predicted octanol–water partition coefficient (Wildman–Crippen LogP) is -0.542. The third-order valence-corrected chi connectivity index (χ3v) is 1.80. The van der Waals surface area contributed by atoms with Gasteiger partial charge >= 0.3 is 6.09 Å². The first-order valence-electron chi connectivity index (χ1n) is 3.87. The van der Waals surface area contributed by atoms with Crippen LogP contribution < -0.4 is 0 Å². The molecule has 6 heteroatoms. The molecule has 2 amide bonds. The summed E-state index contributed by atoms with van der Waals surface area (Å²) in [6.07, 6.45) is -0.446. The lowest BCUT2D eigenvalue weighted by Gasteiger charge is -2.17. The van der Waals surface area contributed by atoms with Crippen molar-refractivity contribution >= 4 is 12.0 Å². The van der Waals surface area contributed by atoms with Gasteiger partial charge in [-0.1, -0.05) is 0 Å². The number of nitrogens with zero attached hydrogens (tertiary/aromatic N) is 2. The summed E-state index contributed by atoms with van der Waals surface area (Å²) in [5.41, 5.74) is 0. The summed E-state index contributed by atoms with van der Waals surface area (Å²) in [5.74, 6) is -0.277. The first kappa shape index (κ1) is 9.79. The van der Waals surface area contributed by atoms with Crippen molar-refractivity contribution in [1.82, 2.24) is 9.96 Å². The Hall–Kier alpha value is -1.30. The molecule has 0 aliphatic carbocycles. The maximum atomic E-state index is 11.2. The number of hydroxylamine groups is 2. The Morgan fingerprint density at radius 1 is 1.77 bits per heavy atom. The average molecular weight is 188 g/mol. The van der Waals surface area contributed by atoms with Crippen LogP contribution in [0.25, 0.3) is 0 Å². The molecule has 1 aliphatic rings. The summed E-state index contributed by atoms with van der Waals surface area (Å²) in [4.78, 5) is 28.1. The molecule has 1 saturated heterocycles. The zero-order chi connectivity index (χ0) is 9.84. The molecule has 13 heavy (non-hydrogen) atoms. The van der Waals surface area contributed by atoms with Crippen LogP contribution in [0.4, 0.5) is 4.79 Å². The Labute approximate surface area is 75.9 Å². The number of amides is 2. The fraction of sp³-hybridized carbons (Fsp3) is 0.714. The van der Waals surface area contributed by atoms with E-state index in [1.54, 1.807) is 0 Å². The fourth-order valence-electron chi connectivity index (χ4n) is 0.934. The molecule has 1 aliphatic heterocycles. The van der Waals surface area contributed by atoms with Crippen molar-refractivity contribution in [3.05, 3.63) is 0 Å². The highest BCUT2D eigenvalue weighted by atomic mass is 16.7. The van der Waals surface area contributed by atoms with E-state index < -0.39 is 6.09 Å². The van der Waals surface area contributed by atoms with Gasteiger partial charge in [0.25, 0.3) is 5.91 Å². The summed E-state index contributed by atoms with van der Waals surface area (Å²) < 4.78 is 4.66. The van der Waals surface area contributed by atoms with Crippen LogP contribution in [0.5, 0.6) is 0 Å². The lowest BCUT2D eigenvalue weighted by atomic mass is 10.5. The van der Waals surface area contributed by atoms with Crippen LogP contribution in [0.2, 0.25) is 0 Å². The molecule has 0 radical (unpaired) electrons. The van der Waals surface area contributed by atoms with Gasteiger partial charge in [-0.3, -0.25) is 14.5 Å². The van der Waals surface area contributed by atoms with Gasteiger partial charge in [-0.15, -0.1) is 0 Å². The standard InChI is InChI=1S/C7H12N2O4/c1-8(12-2)6(10)5-9-3-4-13-7(9)11/h3-5H2,1-2H3. The average Bonchev–Trinajstić information content (AvgIpc) is 2.50. The van der Waals surface area contributed by atoms with Gasteiger partial charge < -0.3 is 4.74 Å². The molecule has 0 atom stereocenters. The summed E-state index contributed by atoms with van der Waals surface area (Å²) in [6.45, 7) is 0.814. The van der Waals surface area contributed by atoms with Gasteiger partial charge in [0.1, 0.15) is 13.2 Å². The van der Waals surface area contributed by atoms with Crippen molar-refractivity contribution in [2.24, 2.45) is 0 Å². The highest BCUT2D eigenvalue weighted by molar-refractivity contribution is 5.81. The number of hydrogen-bond acceptors (Lipinski definition) is 4. The van der Waals surface area contributed by atoms with E-state index in [2.05, 4.69) is 9.57 Å². The fourth-order valence-corrected chi connectivity index (χ4v) is 0.934. The molecule has 6 nitrogen and oxygen atoms in total. The predicted molar refractivity (Wildman–Crippen MR) is 42.7 cm³/mol. The second-order valence-corrected chi connectivity index (χ2v) is 2.61. The van der Waals surface area contributed by atoms with Gasteiger partial charge in [-0.2, -0.15) is 0 Å². The van der Waals surface area contributed by atoms with Crippen molar-refractivity contribution in [1.29, 1.82) is 0 Å². The summed E-state index contributed by atoms with van der Waals surface area (Å²) in [6, 6.07) is 0. The van der Waals surface area contributed by atoms with Crippen molar-refractivity contribution < 1.29 is 19.2 Å². The zero-order valence-electron chi connectivity index (χ0n) is 7.65. The first-order valence-corrected chi connectivity index (χ1v) is 3.87. The molecule has 0 spiro atoms. The van der Waals surface area contributed by atoms with Crippen LogP contribution >= 0.6 is 0 Å². The van der Waals surface area contributed by atoms with E-state index in [1.165, 1.54) is 19.1 Å². The van der Waals surface area contributed by atoms with E-state index in [-0.39, 0.29) is 12.5 Å². The van der Waals surface area contributed by atoms with E-state index in [4.69, 9.17) is 0 Å². The van der Waals surface area contributed by atoms with E-state index >= 15 is 0 Å². The van der Waals surface area contributed by atoms with Crippen LogP contribution in [0, 0.1) is 0 Å². The second-order valence-electron chi connectivity index (χ2n) is 2.61. The monoisotopic (exact) mass is 188 g/mol. The Kier molecular flexibility index (Phi) is 3.07. The van der Waals surface area contributed by atoms with Crippen molar-refractivity contribution in [3.8, 4) is 0 Å². The third-order valence-electron chi connectivity index (χ3n) is 1.80. The quantitative estimate of drug-likeness (QED) is 0.558. The number of carbonyl (C=O) groups is 2. The van der Waals surface area contributed by atoms with Crippen LogP contribution in [-0.2, 0) is 14.4 Å². The minimum absolute atomic E-state index is 0.00315. The highest BCUT2D eigenvalue weighted by Gasteiger charge is 2.25. The van der Waals surface area contributed by atoms with Gasteiger partial charge in [0.15, 0.2) is 0 Å². The van der Waals surface area contributed by atoms with Gasteiger partial charge in [-0.25, -0.2) is 9.86 Å². The topological polar surface area (TPSA) is 59.1 Å². The molecule has 74 valence electrons. The smallest absolute Gasteiger partial charge is 0.410 e. The molecule has 0 aromatic heterocycles. The molecule has 1 rings (SSSR count). The zero-order valence-corrected chi connectivity index (χ0v) is 7.65. The lowest BCUT2D eigenvalue weighted by Crippen LogP contribution is -2.38. The van der Waals surface area contributed by atoms with Gasteiger partial charge in [0.05, 0.1) is 13.7 Å². The molecule has 1 fully saturated rings. The minimum Gasteiger partial charge on any atom is -0.448 e. The molecular weight excluding hydrogens is 176 g/mol. The number of likely N-dealkylation sites (N-methyl/N-ethyl adjacent to an activating group) is 1. The largest absolute Gasteiger partial charge is 0.448 e. The number of rotatable bonds is 3. The van der Waals surface area contributed by atoms with E-state index in [0.29, 0.717) is 13.2 Å². The van der Waals surface area contributed by atoms with E-state index in [9.17, 15) is 9.59 Å². The third kappa shape index (κ3) is 2.32. The Balaban J connectivity index is 2.39. The number of hydrogen-bond donors (Lipinski definition) is 0. The minimum atomic E-state index is -0.446. The Bertz CT molecular complexity index is 219. The number of carbonyl (C=O) groups excluding carboxylic acids is 2. The Morgan fingerprint density at radius 3 is 2.92 bits per heavy atom. The maximum absolute atomic E-state index is 11.2. The van der Waals surface area contributed by atoms with E-state index in [1.807, 2.05) is 0 Å². The second kappa shape index (κ2) is 4.08. The van der Waals surface area contributed by atoms with E-state index in [0.717, 1.165) is 5.06 Å². The SMILES string of the molecule is CON(C)C(=O)CN1CCOC1=O. The van der Waals surface area contributed by atoms with Crippen LogP contribution in [-0.4, -0.2) is 55.8 Å². The Morgan fingerprint density at radius 2 is 2.46 bits per heavy atom. The van der Waals surface area contributed by atoms with Crippen LogP contribution in [0.1, 0.15) is 0 Å². The number of ether oxygens (including phenoxy) is 1. The highest BCUT2D eigenvalue weighted by Crippen LogP contribution is 2.03. The normalized spacial score (nSPS) is 15.8. The van der Waals surface area contributed by atoms with Crippen molar-refractivity contribution in [3.63, 3.8) is 0 Å². The molecule has 0 aromatic carbocycles. The van der Waals surface area contributed by atoms with Crippen LogP contribution in [0.15, 0.2) is 0 Å². The molecule has 0 saturated carbocycles. The molecular formula is C7H12N2O4. The molecule has 0 N–H and O–H groups in total. The summed E-state index contributed by atoms with van der Waals surface area (Å²) in [7, 11) is 2.88. The first-order chi connectivity index (χ1) is 6.15. The van der Waals surface area contributed by atoms with Gasteiger partial charge in [-0.05, 0) is 0 Å². The number of cyclic esters (lactones) is 1. The van der Waals surface area contributed by atoms with Crippen LogP contribution in [0.3, 0.4) is 0 Å². The van der Waals surface area contributed by atoms with Gasteiger partial charge in [0, 0.05) is 7.05 Å². The molecule has 0 unspecified atom stereocenters. The molecule has 0 bridgehead atoms. The van der Waals surface area contributed by atoms with Crippen molar-refractivity contribution in [2.45, 2.75) is 0 Å². The molecule has 0 aromatic rings. The lowest BCUT2D eigenvalue weighted by molar-refractivity contribution is -0.169. The van der Waals surface area contributed by atoms with Gasteiger partial charge in [0.2, 0.25) is 0 Å². The summed E-state index contributed by atoms with van der Waals surface area (Å²) >= 11 is 0. The van der Waals surface area contributed by atoms with Crippen molar-refractivity contribution in [2.75, 3.05) is 33.9 Å². The summed E-state index contributed by atoms with van der Waals surface area (Å²) in [5, 5.41) is 1.08. The molecule has 1 heterocycles. The maximum Gasteiger partial charge on any atom is 0.410 e.